The van der Waals surface area contributed by atoms with Gasteiger partial charge in [0.05, 0.1) is 51.8 Å². The van der Waals surface area contributed by atoms with Crippen molar-refractivity contribution < 1.29 is 132 Å². The van der Waals surface area contributed by atoms with E-state index in [2.05, 4.69) is 19.4 Å². The molecule has 2 saturated heterocycles. The predicted octanol–water partition coefficient (Wildman–Crippen LogP) is 11.4. The monoisotopic (exact) mass is 1800 g/mol. The van der Waals surface area contributed by atoms with Crippen molar-refractivity contribution in [3.05, 3.63) is 193 Å². The summed E-state index contributed by atoms with van der Waals surface area (Å²) in [4.78, 5) is 79.4. The van der Waals surface area contributed by atoms with Crippen LogP contribution in [0.4, 0.5) is 17.6 Å². The molecule has 3 saturated carbocycles. The van der Waals surface area contributed by atoms with Gasteiger partial charge in [0.2, 0.25) is 20.0 Å². The highest BCUT2D eigenvalue weighted by atomic mass is 35.7. The van der Waals surface area contributed by atoms with Crippen molar-refractivity contribution in [3.63, 3.8) is 0 Å². The Balaban J connectivity index is 0.000000253. The van der Waals surface area contributed by atoms with E-state index in [0.717, 1.165) is 53.6 Å². The molecule has 41 heteroatoms. The van der Waals surface area contributed by atoms with Crippen molar-refractivity contribution in [2.24, 2.45) is 29.6 Å². The number of carbonyl (C=O) groups is 6. The number of hydrogen-bond donors (Lipinski definition) is 3. The lowest BCUT2D eigenvalue weighted by Crippen LogP contribution is -2.53. The Morgan fingerprint density at radius 1 is 0.487 bits per heavy atom. The number of H-pyrrole nitrogens is 2. The zero-order valence-corrected chi connectivity index (χ0v) is 69.8. The largest absolute Gasteiger partial charge is 0.870 e. The minimum atomic E-state index is -3.99. The average Bonchev–Trinajstić information content (AvgIpc) is 0.967. The number of hydrogen-bond acceptors (Lipinski definition) is 20. The molecule has 2 aromatic heterocycles. The van der Waals surface area contributed by atoms with Crippen LogP contribution in [0.2, 0.25) is 20.1 Å². The number of pyridine rings is 2. The number of aliphatic hydroxyl groups is 1. The van der Waals surface area contributed by atoms with Gasteiger partial charge < -0.3 is 64.7 Å². The van der Waals surface area contributed by atoms with Crippen LogP contribution in [-0.4, -0.2) is 205 Å². The first-order valence-electron chi connectivity index (χ1n) is 35.5. The number of alkyl halides is 4. The number of carboxylic acid groups (broad SMARTS) is 2. The number of halogens is 9. The zero-order chi connectivity index (χ0) is 84.6. The predicted molar refractivity (Wildman–Crippen MR) is 417 cm³/mol. The van der Waals surface area contributed by atoms with Gasteiger partial charge in [-0.15, -0.1) is 0 Å². The number of aromatic nitrogens is 2. The first-order chi connectivity index (χ1) is 54.1. The molecule has 3 amide bonds. The van der Waals surface area contributed by atoms with Crippen molar-refractivity contribution in [3.8, 4) is 23.0 Å². The molecule has 5 aliphatic rings. The fourth-order valence-electron chi connectivity index (χ4n) is 11.0. The van der Waals surface area contributed by atoms with Crippen LogP contribution < -0.4 is 28.9 Å². The molecule has 0 bridgehead atoms. The molecule has 3 aliphatic carbocycles. The van der Waals surface area contributed by atoms with Crippen LogP contribution in [0.25, 0.3) is 0 Å². The maximum Gasteiger partial charge on any atom is 0.387 e. The molecule has 29 nitrogen and oxygen atoms in total. The number of esters is 1. The quantitative estimate of drug-likeness (QED) is 0.0233. The van der Waals surface area contributed by atoms with Gasteiger partial charge >= 0.3 is 31.1 Å². The van der Waals surface area contributed by atoms with Crippen LogP contribution in [0, 0.1) is 29.6 Å². The van der Waals surface area contributed by atoms with Gasteiger partial charge in [0.15, 0.2) is 47.8 Å². The Bertz CT molecular complexity index is 4970. The molecule has 0 radical (unpaired) electrons. The highest BCUT2D eigenvalue weighted by Crippen LogP contribution is 2.41. The molecule has 12 rings (SSSR count). The number of carbonyl (C=O) groups excluding carboxylic acids is 4. The molecule has 4 heterocycles. The van der Waals surface area contributed by atoms with E-state index in [0.29, 0.717) is 62.9 Å². The minimum Gasteiger partial charge on any atom is -0.870 e. The molecule has 638 valence electrons. The Morgan fingerprint density at radius 2 is 0.846 bits per heavy atom. The van der Waals surface area contributed by atoms with E-state index in [4.69, 9.17) is 81.5 Å². The van der Waals surface area contributed by atoms with Gasteiger partial charge in [-0.1, -0.05) is 83.2 Å². The third-order valence-electron chi connectivity index (χ3n) is 18.4. The van der Waals surface area contributed by atoms with E-state index in [1.165, 1.54) is 136 Å². The zero-order valence-electron chi connectivity index (χ0n) is 63.5. The Morgan fingerprint density at radius 3 is 1.19 bits per heavy atom. The lowest BCUT2D eigenvalue weighted by Gasteiger charge is -2.37. The van der Waals surface area contributed by atoms with Crippen LogP contribution in [0.15, 0.2) is 149 Å². The number of aromatic amines is 2. The normalized spacial score (nSPS) is 15.3. The molecule has 7 N–H and O–H groups in total. The SMILES string of the molecule is CN(C)C(=O)c1cccc(S(=O)(=O)Cl)c1.CN(C)C(=O)c1cccc(S(=O)(=O)N2CC(C(=O)O)C2)c1.CN(C)C(=O)c1cccc(S(=O)(=O)N2CC(C(=O)O[C@@H](Cc3c(Cl)c[nH+]cc3Cl)c3ccc(OC(F)F)c(OCC4CC4)c3)C2)c1.O=C(O)C1CCC1.O[C@@H](Cc1c(Cl)c[nH+]cc1Cl)c1ccc(OC(F)F)c(OCC2CC2)c1.[OH-].[OH-]. The first-order valence-corrected chi connectivity index (χ1v) is 42.2. The Labute approximate surface area is 697 Å². The lowest BCUT2D eigenvalue weighted by atomic mass is 9.86. The third kappa shape index (κ3) is 27.7. The number of benzene rings is 5. The molecule has 0 spiro atoms. The summed E-state index contributed by atoms with van der Waals surface area (Å²) >= 11 is 25.0. The number of aliphatic hydroxyl groups excluding tert-OH is 1. The number of ether oxygens (including phenoxy) is 5. The van der Waals surface area contributed by atoms with Gasteiger partial charge in [-0.2, -0.15) is 26.2 Å². The van der Waals surface area contributed by atoms with Crippen LogP contribution in [0.5, 0.6) is 23.0 Å². The number of amides is 3. The van der Waals surface area contributed by atoms with E-state index < -0.39 is 84.3 Å². The topological polar surface area (TPSA) is 416 Å². The molecular formula is C76H86Cl5F4N7O22S3. The second-order valence-corrected chi connectivity index (χ2v) is 35.8. The molecule has 2 aliphatic heterocycles. The van der Waals surface area contributed by atoms with Gasteiger partial charge in [-0.3, -0.25) is 28.8 Å². The van der Waals surface area contributed by atoms with Crippen molar-refractivity contribution in [2.45, 2.75) is 97.9 Å². The fourth-order valence-corrected chi connectivity index (χ4v) is 16.0. The highest BCUT2D eigenvalue weighted by molar-refractivity contribution is 8.13. The number of carboxylic acids is 2. The number of nitrogens with zero attached hydrogens (tertiary/aromatic N) is 5. The summed E-state index contributed by atoms with van der Waals surface area (Å²) in [5, 5.41) is 28.9. The van der Waals surface area contributed by atoms with Crippen molar-refractivity contribution >= 4 is 122 Å². The molecule has 2 atom stereocenters. The third-order valence-corrected chi connectivity index (χ3v) is 24.7. The molecule has 5 aromatic carbocycles. The smallest absolute Gasteiger partial charge is 0.387 e. The van der Waals surface area contributed by atoms with Gasteiger partial charge in [0.1, 0.15) is 26.2 Å². The van der Waals surface area contributed by atoms with E-state index in [9.17, 15) is 76.7 Å². The van der Waals surface area contributed by atoms with Crippen LogP contribution in [0.1, 0.15) is 110 Å². The van der Waals surface area contributed by atoms with Gasteiger partial charge in [0.25, 0.3) is 26.8 Å². The van der Waals surface area contributed by atoms with Gasteiger partial charge in [-0.25, -0.2) is 35.2 Å². The van der Waals surface area contributed by atoms with E-state index in [-0.39, 0.29) is 132 Å². The molecule has 5 fully saturated rings. The first kappa shape index (κ1) is 97.1. The van der Waals surface area contributed by atoms with E-state index >= 15 is 0 Å². The molecule has 0 unspecified atom stereocenters. The lowest BCUT2D eigenvalue weighted by molar-refractivity contribution is -0.378. The van der Waals surface area contributed by atoms with E-state index in [1.807, 2.05) is 0 Å². The van der Waals surface area contributed by atoms with Crippen molar-refractivity contribution in [1.82, 2.24) is 23.3 Å². The van der Waals surface area contributed by atoms with Crippen LogP contribution >= 0.6 is 57.1 Å². The molecule has 7 aromatic rings. The number of rotatable bonds is 28. The number of nitrogens with one attached hydrogen (secondary N) is 2. The summed E-state index contributed by atoms with van der Waals surface area (Å²) in [7, 11) is 3.09. The second kappa shape index (κ2) is 43.3. The minimum absolute atomic E-state index is 0. The summed E-state index contributed by atoms with van der Waals surface area (Å²) in [6, 6.07) is 25.7. The Kier molecular flexibility index (Phi) is 35.9. The summed E-state index contributed by atoms with van der Waals surface area (Å²) in [6.45, 7) is -5.63. The molecule has 117 heavy (non-hydrogen) atoms. The van der Waals surface area contributed by atoms with Gasteiger partial charge in [-0.05, 0) is 140 Å². The van der Waals surface area contributed by atoms with Gasteiger partial charge in [0, 0.05) is 120 Å². The van der Waals surface area contributed by atoms with Crippen LogP contribution in [0.3, 0.4) is 0 Å². The standard InChI is InChI=1S/C31H31Cl2F2N3O7S.C18H17Cl2F2NO3.C13H16N2O5S.C9H10ClNO3S.C5H8O2.2H2O/c1-37(2)29(39)20-4-3-5-22(10-20)46(41,42)38-15-21(16-38)30(40)44-27(12-23-24(32)13-36-14-25(23)33)19-8-9-26(45-31(34)35)28(11-19)43-17-18-6-7-18;19-13-7-23-8-14(20)12(13)6-15(24)11-3-4-16(26-18(21)22)17(5-11)25-9-10-1-2-10;1-14(2)12(16)9-4-3-5-11(6-9)21(19,20)15-7-10(8-15)13(17)18;1-11(2)9(12)7-4-3-5-8(6-7)15(10,13)14;6-5(7)4-2-1-3-4;;/h3-5,8-11,13-14,18,21,27,31H,6-7,12,15-17H2,1-2H3;3-5,7-8,10,15,18,24H,1-2,6,9H2;3-6,10H,7-8H2,1-2H3,(H,17,18);3-6H,1-2H3;4H,1-3H2,(H,6,7);2*1H2/t27-;15-;;;;;/m00...../s1. The second-order valence-electron chi connectivity index (χ2n) is 27.7. The summed E-state index contributed by atoms with van der Waals surface area (Å²) in [5.41, 5.74) is 2.75. The summed E-state index contributed by atoms with van der Waals surface area (Å²) in [5.74, 6) is -3.83. The van der Waals surface area contributed by atoms with E-state index in [1.54, 1.807) is 54.7 Å². The average molecular weight is 1800 g/mol. The maximum absolute atomic E-state index is 13.4. The fraction of sp³-hybridized carbons (Fsp3) is 0.395. The Hall–Kier alpha value is -8.76. The summed E-state index contributed by atoms with van der Waals surface area (Å²) < 4.78 is 153. The number of sulfonamides is 2. The molecular weight excluding hydrogens is 1710 g/mol. The summed E-state index contributed by atoms with van der Waals surface area (Å²) in [6.07, 6.45) is 11.4. The number of aliphatic carboxylic acids is 2. The maximum atomic E-state index is 13.4. The van der Waals surface area contributed by atoms with Crippen molar-refractivity contribution in [1.29, 1.82) is 0 Å². The van der Waals surface area contributed by atoms with Crippen molar-refractivity contribution in [2.75, 3.05) is 81.7 Å². The van der Waals surface area contributed by atoms with Crippen LogP contribution in [-0.2, 0) is 61.1 Å². The highest BCUT2D eigenvalue weighted by Gasteiger charge is 2.44.